The molecular weight excluding hydrogens is 410 g/mol. The molecule has 5 heteroatoms. The quantitative estimate of drug-likeness (QED) is 0.392. The van der Waals surface area contributed by atoms with Gasteiger partial charge in [-0.25, -0.2) is 0 Å². The van der Waals surface area contributed by atoms with Crippen LogP contribution >= 0.6 is 0 Å². The number of aliphatic hydroxyl groups excluding tert-OH is 1. The monoisotopic (exact) mass is 447 g/mol. The van der Waals surface area contributed by atoms with Crippen molar-refractivity contribution in [1.29, 1.82) is 0 Å². The summed E-state index contributed by atoms with van der Waals surface area (Å²) >= 11 is 0. The summed E-state index contributed by atoms with van der Waals surface area (Å²) in [6, 6.07) is 5.10. The van der Waals surface area contributed by atoms with E-state index in [1.807, 2.05) is 32.1 Å². The highest BCUT2D eigenvalue weighted by Gasteiger charge is 2.36. The number of nitrogens with zero attached hydrogens (tertiary/aromatic N) is 2. The van der Waals surface area contributed by atoms with Crippen LogP contribution < -0.4 is 5.32 Å². The molecule has 0 bridgehead atoms. The molecule has 0 spiro atoms. The molecule has 1 fully saturated rings. The third-order valence-corrected chi connectivity index (χ3v) is 6.20. The number of nitrogens with one attached hydrogen (secondary N) is 1. The van der Waals surface area contributed by atoms with E-state index in [1.54, 1.807) is 24.5 Å². The Hall–Kier alpha value is -3.05. The van der Waals surface area contributed by atoms with E-state index in [4.69, 9.17) is 4.74 Å². The molecule has 3 rings (SSSR count). The summed E-state index contributed by atoms with van der Waals surface area (Å²) in [5, 5.41) is 14.3. The van der Waals surface area contributed by atoms with Gasteiger partial charge in [-0.05, 0) is 76.3 Å². The number of hydrogen-bond donors (Lipinski definition) is 2. The number of rotatable bonds is 7. The van der Waals surface area contributed by atoms with Crippen molar-refractivity contribution in [2.75, 3.05) is 0 Å². The van der Waals surface area contributed by atoms with Crippen molar-refractivity contribution in [1.82, 2.24) is 15.2 Å². The van der Waals surface area contributed by atoms with Crippen molar-refractivity contribution in [2.45, 2.75) is 71.5 Å². The molecule has 33 heavy (non-hydrogen) atoms. The second-order valence-electron chi connectivity index (χ2n) is 8.90. The van der Waals surface area contributed by atoms with Crippen LogP contribution in [0.1, 0.15) is 52.5 Å². The minimum atomic E-state index is 0.0889. The van der Waals surface area contributed by atoms with Gasteiger partial charge in [-0.3, -0.25) is 4.98 Å². The van der Waals surface area contributed by atoms with Gasteiger partial charge in [-0.15, -0.1) is 0 Å². The molecule has 3 unspecified atom stereocenters. The normalized spacial score (nSPS) is 25.6. The maximum Gasteiger partial charge on any atom is 0.191 e. The third kappa shape index (κ3) is 6.05. The number of hydrogen-bond acceptors (Lipinski definition) is 5. The Bertz CT molecular complexity index is 988. The minimum absolute atomic E-state index is 0.0889. The Morgan fingerprint density at radius 3 is 2.70 bits per heavy atom. The summed E-state index contributed by atoms with van der Waals surface area (Å²) in [7, 11) is 0. The Balaban J connectivity index is 1.95. The van der Waals surface area contributed by atoms with Gasteiger partial charge >= 0.3 is 0 Å². The van der Waals surface area contributed by atoms with Gasteiger partial charge in [0.25, 0.3) is 0 Å². The number of ether oxygens (including phenoxy) is 1. The lowest BCUT2D eigenvalue weighted by Gasteiger charge is -2.45. The predicted molar refractivity (Wildman–Crippen MR) is 135 cm³/mol. The van der Waals surface area contributed by atoms with Gasteiger partial charge in [-0.1, -0.05) is 37.8 Å². The SMILES string of the molecule is C=C(/C=C\C1=C(C)O/C(=C(O)/C=C\C)C(=C)N1C1CC(C)NC(CC)C1)Cc1ccncc1. The summed E-state index contributed by atoms with van der Waals surface area (Å²) in [5.74, 6) is 1.24. The van der Waals surface area contributed by atoms with E-state index in [1.165, 1.54) is 5.56 Å². The lowest BCUT2D eigenvalue weighted by molar-refractivity contribution is 0.148. The zero-order valence-corrected chi connectivity index (χ0v) is 20.3. The average Bonchev–Trinajstić information content (AvgIpc) is 2.79. The first-order valence-electron chi connectivity index (χ1n) is 11.8. The van der Waals surface area contributed by atoms with Gasteiger partial charge in [0.15, 0.2) is 11.5 Å². The maximum atomic E-state index is 10.6. The van der Waals surface area contributed by atoms with Crippen molar-refractivity contribution in [2.24, 2.45) is 0 Å². The smallest absolute Gasteiger partial charge is 0.191 e. The van der Waals surface area contributed by atoms with Crippen molar-refractivity contribution < 1.29 is 9.84 Å². The molecule has 0 aromatic carbocycles. The van der Waals surface area contributed by atoms with Crippen LogP contribution in [0.5, 0.6) is 0 Å². The van der Waals surface area contributed by atoms with Crippen LogP contribution in [0.25, 0.3) is 0 Å². The molecule has 0 radical (unpaired) electrons. The molecule has 1 saturated heterocycles. The van der Waals surface area contributed by atoms with Gasteiger partial charge in [0, 0.05) is 30.5 Å². The summed E-state index contributed by atoms with van der Waals surface area (Å²) in [6.07, 6.45) is 15.0. The minimum Gasteiger partial charge on any atom is -0.504 e. The van der Waals surface area contributed by atoms with Gasteiger partial charge < -0.3 is 20.1 Å². The number of pyridine rings is 1. The lowest BCUT2D eigenvalue weighted by atomic mass is 9.90. The molecular formula is C28H37N3O2. The number of aromatic nitrogens is 1. The van der Waals surface area contributed by atoms with Crippen molar-refractivity contribution in [3.63, 3.8) is 0 Å². The molecule has 0 aliphatic carbocycles. The first-order valence-corrected chi connectivity index (χ1v) is 11.8. The largest absolute Gasteiger partial charge is 0.504 e. The topological polar surface area (TPSA) is 57.6 Å². The van der Waals surface area contributed by atoms with Crippen LogP contribution in [0.2, 0.25) is 0 Å². The fourth-order valence-electron chi connectivity index (χ4n) is 4.62. The van der Waals surface area contributed by atoms with Crippen LogP contribution in [0.4, 0.5) is 0 Å². The highest BCUT2D eigenvalue weighted by atomic mass is 16.5. The second kappa shape index (κ2) is 11.2. The molecule has 2 N–H and O–H groups in total. The molecule has 3 atom stereocenters. The van der Waals surface area contributed by atoms with Crippen LogP contribution in [-0.4, -0.2) is 33.1 Å². The second-order valence-corrected chi connectivity index (χ2v) is 8.90. The molecule has 2 aliphatic heterocycles. The number of aliphatic hydroxyl groups is 1. The Morgan fingerprint density at radius 1 is 1.30 bits per heavy atom. The van der Waals surface area contributed by atoms with Crippen molar-refractivity contribution in [3.8, 4) is 0 Å². The van der Waals surface area contributed by atoms with Gasteiger partial charge in [0.05, 0.1) is 11.4 Å². The Morgan fingerprint density at radius 2 is 2.03 bits per heavy atom. The van der Waals surface area contributed by atoms with E-state index in [0.717, 1.165) is 42.7 Å². The number of allylic oxidation sites excluding steroid dienone is 6. The molecule has 3 heterocycles. The highest BCUT2D eigenvalue weighted by Crippen LogP contribution is 2.38. The molecule has 1 aromatic rings. The fraction of sp³-hybridized carbons (Fsp3) is 0.393. The molecule has 1 aromatic heterocycles. The van der Waals surface area contributed by atoms with E-state index < -0.39 is 0 Å². The standard InChI is InChI=1S/C28H37N3O2/c1-7-9-27(32)28-21(5)31(25-17-20(4)30-24(8-2)18-25)26(22(6)33-28)11-10-19(3)16-23-12-14-29-15-13-23/h7,9-15,20,24-25,30,32H,3,5,8,16-18H2,1-2,4,6H3/b9-7-,11-10-,28-27-. The third-order valence-electron chi connectivity index (χ3n) is 6.20. The molecule has 0 amide bonds. The summed E-state index contributed by atoms with van der Waals surface area (Å²) < 4.78 is 6.09. The fourth-order valence-corrected chi connectivity index (χ4v) is 4.62. The van der Waals surface area contributed by atoms with Gasteiger partial charge in [-0.2, -0.15) is 0 Å². The molecule has 176 valence electrons. The summed E-state index contributed by atoms with van der Waals surface area (Å²) in [6.45, 7) is 16.8. The molecule has 0 saturated carbocycles. The van der Waals surface area contributed by atoms with E-state index in [0.29, 0.717) is 23.5 Å². The van der Waals surface area contributed by atoms with Crippen LogP contribution in [0.3, 0.4) is 0 Å². The van der Waals surface area contributed by atoms with E-state index in [2.05, 4.69) is 48.3 Å². The lowest BCUT2D eigenvalue weighted by Crippen LogP contribution is -2.51. The van der Waals surface area contributed by atoms with Crippen LogP contribution in [-0.2, 0) is 11.2 Å². The zero-order chi connectivity index (χ0) is 24.0. The first-order chi connectivity index (χ1) is 15.8. The van der Waals surface area contributed by atoms with E-state index in [9.17, 15) is 5.11 Å². The molecule has 2 aliphatic rings. The van der Waals surface area contributed by atoms with Gasteiger partial charge in [0.1, 0.15) is 5.76 Å². The first kappa shape index (κ1) is 24.6. The van der Waals surface area contributed by atoms with Gasteiger partial charge in [0.2, 0.25) is 0 Å². The van der Waals surface area contributed by atoms with Crippen LogP contribution in [0.15, 0.2) is 96.2 Å². The average molecular weight is 448 g/mol. The van der Waals surface area contributed by atoms with Crippen LogP contribution in [0, 0.1) is 0 Å². The van der Waals surface area contributed by atoms with Crippen molar-refractivity contribution >= 4 is 0 Å². The van der Waals surface area contributed by atoms with Crippen molar-refractivity contribution in [3.05, 3.63) is 102 Å². The Kier molecular flexibility index (Phi) is 8.34. The summed E-state index contributed by atoms with van der Waals surface area (Å²) in [5.41, 5.74) is 3.81. The van der Waals surface area contributed by atoms with E-state index >= 15 is 0 Å². The Labute approximate surface area is 198 Å². The zero-order valence-electron chi connectivity index (χ0n) is 20.3. The molecule has 5 nitrogen and oxygen atoms in total. The maximum absolute atomic E-state index is 10.6. The number of piperidine rings is 1. The van der Waals surface area contributed by atoms with E-state index in [-0.39, 0.29) is 11.8 Å². The highest BCUT2D eigenvalue weighted by molar-refractivity contribution is 5.42. The summed E-state index contributed by atoms with van der Waals surface area (Å²) in [4.78, 5) is 6.34. The predicted octanol–water partition coefficient (Wildman–Crippen LogP) is 6.08.